The summed E-state index contributed by atoms with van der Waals surface area (Å²) >= 11 is 0. The van der Waals surface area contributed by atoms with Crippen molar-refractivity contribution in [1.29, 1.82) is 0 Å². The second kappa shape index (κ2) is 12.5. The third kappa shape index (κ3) is 8.81. The van der Waals surface area contributed by atoms with E-state index in [1.165, 1.54) is 6.08 Å². The Hall–Kier alpha value is -2.89. The van der Waals surface area contributed by atoms with Crippen molar-refractivity contribution in [2.24, 2.45) is 17.3 Å². The lowest BCUT2D eigenvalue weighted by molar-refractivity contribution is -0.156. The molecule has 0 heterocycles. The normalized spacial score (nSPS) is 22.2. The van der Waals surface area contributed by atoms with Crippen LogP contribution in [0.5, 0.6) is 0 Å². The molecule has 0 bridgehead atoms. The van der Waals surface area contributed by atoms with Crippen LogP contribution in [-0.4, -0.2) is 30.6 Å². The first-order valence-electron chi connectivity index (χ1n) is 11.9. The van der Waals surface area contributed by atoms with Gasteiger partial charge in [0.25, 0.3) is 0 Å². The van der Waals surface area contributed by atoms with Crippen LogP contribution in [-0.2, 0) is 28.6 Å². The summed E-state index contributed by atoms with van der Waals surface area (Å²) in [5.74, 6) is 0.0668. The van der Waals surface area contributed by atoms with E-state index in [9.17, 15) is 14.4 Å². The summed E-state index contributed by atoms with van der Waals surface area (Å²) < 4.78 is 16.1. The second-order valence-electron chi connectivity index (χ2n) is 10.1. The molecular formula is C28H38O6. The van der Waals surface area contributed by atoms with Gasteiger partial charge in [0.2, 0.25) is 0 Å². The monoisotopic (exact) mass is 470 g/mol. The zero-order chi connectivity index (χ0) is 25.3. The number of allylic oxidation sites excluding steroid dienone is 3. The van der Waals surface area contributed by atoms with Crippen LogP contribution in [0.3, 0.4) is 0 Å². The molecule has 3 unspecified atom stereocenters. The molecule has 0 radical (unpaired) electrons. The number of ether oxygens (including phenoxy) is 3. The van der Waals surface area contributed by atoms with Gasteiger partial charge in [0.05, 0.1) is 5.41 Å². The fourth-order valence-corrected chi connectivity index (χ4v) is 3.84. The Morgan fingerprint density at radius 2 is 1.74 bits per heavy atom. The number of hydrogen-bond donors (Lipinski definition) is 0. The van der Waals surface area contributed by atoms with Crippen molar-refractivity contribution in [3.05, 3.63) is 60.9 Å². The van der Waals surface area contributed by atoms with E-state index in [1.54, 1.807) is 0 Å². The molecule has 6 nitrogen and oxygen atoms in total. The smallest absolute Gasteiger partial charge is 0.338 e. The van der Waals surface area contributed by atoms with Crippen molar-refractivity contribution < 1.29 is 28.6 Å². The molecule has 6 heteroatoms. The van der Waals surface area contributed by atoms with Crippen LogP contribution in [0.1, 0.15) is 65.7 Å². The number of esters is 3. The van der Waals surface area contributed by atoms with Crippen LogP contribution < -0.4 is 0 Å². The standard InChI is InChI=1S/C28H38O6/c1-7-16-32-25(29)19(2)17-21-8-12-23(13-9-21)33-26(30)20(3)18-22-10-14-24(15-11-22)34-27(31)28(4,5)6/h7,10,12,14,21-22,24H,1-3,8-9,11,13,15-18H2,4-6H3. The van der Waals surface area contributed by atoms with Crippen molar-refractivity contribution >= 4 is 17.9 Å². The molecule has 0 saturated heterocycles. The Bertz CT molecular complexity index is 870. The molecule has 0 amide bonds. The predicted molar refractivity (Wildman–Crippen MR) is 131 cm³/mol. The summed E-state index contributed by atoms with van der Waals surface area (Å²) in [6.07, 6.45) is 11.9. The lowest BCUT2D eigenvalue weighted by Gasteiger charge is -2.26. The topological polar surface area (TPSA) is 78.9 Å². The first-order valence-corrected chi connectivity index (χ1v) is 11.9. The molecule has 0 fully saturated rings. The van der Waals surface area contributed by atoms with Gasteiger partial charge in [-0.2, -0.15) is 0 Å². The molecule has 0 aliphatic heterocycles. The van der Waals surface area contributed by atoms with Crippen LogP contribution in [0.25, 0.3) is 0 Å². The zero-order valence-electron chi connectivity index (χ0n) is 20.8. The zero-order valence-corrected chi connectivity index (χ0v) is 20.8. The first-order chi connectivity index (χ1) is 16.0. The van der Waals surface area contributed by atoms with Gasteiger partial charge in [0.15, 0.2) is 0 Å². The van der Waals surface area contributed by atoms with Gasteiger partial charge in [0, 0.05) is 17.6 Å². The molecule has 2 aliphatic rings. The van der Waals surface area contributed by atoms with Crippen LogP contribution in [0.4, 0.5) is 0 Å². The van der Waals surface area contributed by atoms with E-state index in [4.69, 9.17) is 14.2 Å². The number of hydrogen-bond acceptors (Lipinski definition) is 6. The fourth-order valence-electron chi connectivity index (χ4n) is 3.84. The maximum atomic E-state index is 12.5. The van der Waals surface area contributed by atoms with Gasteiger partial charge in [-0.15, -0.1) is 0 Å². The lowest BCUT2D eigenvalue weighted by atomic mass is 9.88. The summed E-state index contributed by atoms with van der Waals surface area (Å²) in [5.41, 5.74) is 0.355. The maximum Gasteiger partial charge on any atom is 0.338 e. The van der Waals surface area contributed by atoms with Crippen molar-refractivity contribution in [3.63, 3.8) is 0 Å². The largest absolute Gasteiger partial charge is 0.458 e. The van der Waals surface area contributed by atoms with Crippen LogP contribution in [0, 0.1) is 17.3 Å². The highest BCUT2D eigenvalue weighted by molar-refractivity contribution is 5.88. The highest BCUT2D eigenvalue weighted by Gasteiger charge is 2.28. The van der Waals surface area contributed by atoms with E-state index in [-0.39, 0.29) is 30.5 Å². The van der Waals surface area contributed by atoms with E-state index < -0.39 is 17.4 Å². The average molecular weight is 471 g/mol. The van der Waals surface area contributed by atoms with Gasteiger partial charge < -0.3 is 14.2 Å². The third-order valence-corrected chi connectivity index (χ3v) is 5.95. The van der Waals surface area contributed by atoms with Crippen molar-refractivity contribution in [1.82, 2.24) is 0 Å². The highest BCUT2D eigenvalue weighted by atomic mass is 16.5. The average Bonchev–Trinajstić information content (AvgIpc) is 2.79. The molecule has 2 rings (SSSR count). The van der Waals surface area contributed by atoms with Crippen LogP contribution in [0.15, 0.2) is 60.9 Å². The van der Waals surface area contributed by atoms with Gasteiger partial charge in [-0.25, -0.2) is 9.59 Å². The molecule has 0 saturated carbocycles. The third-order valence-electron chi connectivity index (χ3n) is 5.95. The van der Waals surface area contributed by atoms with Gasteiger partial charge in [-0.3, -0.25) is 4.79 Å². The second-order valence-corrected chi connectivity index (χ2v) is 10.1. The van der Waals surface area contributed by atoms with Gasteiger partial charge in [-0.05, 0) is 83.3 Å². The maximum absolute atomic E-state index is 12.5. The van der Waals surface area contributed by atoms with E-state index in [0.717, 1.165) is 19.3 Å². The van der Waals surface area contributed by atoms with E-state index in [2.05, 4.69) is 19.7 Å². The van der Waals surface area contributed by atoms with E-state index in [1.807, 2.05) is 39.0 Å². The summed E-state index contributed by atoms with van der Waals surface area (Å²) in [7, 11) is 0. The lowest BCUT2D eigenvalue weighted by Crippen LogP contribution is -2.29. The molecule has 0 spiro atoms. The molecule has 2 aliphatic carbocycles. The van der Waals surface area contributed by atoms with E-state index >= 15 is 0 Å². The Balaban J connectivity index is 1.75. The number of carbonyl (C=O) groups excluding carboxylic acids is 3. The van der Waals surface area contributed by atoms with Gasteiger partial charge in [-0.1, -0.05) is 31.9 Å². The molecule has 186 valence electrons. The molecule has 0 aromatic carbocycles. The van der Waals surface area contributed by atoms with E-state index in [0.29, 0.717) is 42.6 Å². The molecule has 0 N–H and O–H groups in total. The number of carbonyl (C=O) groups is 3. The van der Waals surface area contributed by atoms with Crippen LogP contribution >= 0.6 is 0 Å². The predicted octanol–water partition coefficient (Wildman–Crippen LogP) is 5.76. The summed E-state index contributed by atoms with van der Waals surface area (Å²) in [6, 6.07) is 0. The Labute approximate surface area is 203 Å². The van der Waals surface area contributed by atoms with Gasteiger partial charge >= 0.3 is 17.9 Å². The quantitative estimate of drug-likeness (QED) is 0.175. The summed E-state index contributed by atoms with van der Waals surface area (Å²) in [4.78, 5) is 36.4. The summed E-state index contributed by atoms with van der Waals surface area (Å²) in [6.45, 7) is 16.9. The Morgan fingerprint density at radius 3 is 2.29 bits per heavy atom. The van der Waals surface area contributed by atoms with Crippen molar-refractivity contribution in [2.75, 3.05) is 6.61 Å². The Morgan fingerprint density at radius 1 is 1.03 bits per heavy atom. The minimum atomic E-state index is -0.526. The fraction of sp³-hybridized carbons (Fsp3) is 0.536. The first kappa shape index (κ1) is 27.4. The molecule has 34 heavy (non-hydrogen) atoms. The molecular weight excluding hydrogens is 432 g/mol. The van der Waals surface area contributed by atoms with Crippen molar-refractivity contribution in [2.45, 2.75) is 71.8 Å². The highest BCUT2D eigenvalue weighted by Crippen LogP contribution is 2.31. The Kier molecular flexibility index (Phi) is 10.1. The van der Waals surface area contributed by atoms with Gasteiger partial charge in [0.1, 0.15) is 18.5 Å². The minimum Gasteiger partial charge on any atom is -0.458 e. The summed E-state index contributed by atoms with van der Waals surface area (Å²) in [5, 5.41) is 0. The SMILES string of the molecule is C=CCOC(=O)C(=C)CC1CC=C(OC(=O)C(=C)CC2C=CC(OC(=O)C(C)(C)C)CC2)CC1. The molecule has 0 aromatic heterocycles. The minimum absolute atomic E-state index is 0.168. The molecule has 3 atom stereocenters. The van der Waals surface area contributed by atoms with Crippen molar-refractivity contribution in [3.8, 4) is 0 Å². The molecule has 0 aromatic rings. The number of rotatable bonds is 10. The van der Waals surface area contributed by atoms with Crippen LogP contribution in [0.2, 0.25) is 0 Å².